The van der Waals surface area contributed by atoms with Crippen LogP contribution in [0.3, 0.4) is 0 Å². The molecule has 0 heterocycles. The first-order valence-corrected chi connectivity index (χ1v) is 11.8. The van der Waals surface area contributed by atoms with Gasteiger partial charge in [0.15, 0.2) is 0 Å². The largest absolute Gasteiger partial charge is 0.481 e. The van der Waals surface area contributed by atoms with Crippen LogP contribution in [0, 0.1) is 11.5 Å². The van der Waals surface area contributed by atoms with Crippen LogP contribution in [0.1, 0.15) is 77.0 Å². The van der Waals surface area contributed by atoms with Crippen molar-refractivity contribution in [1.29, 1.82) is 0 Å². The van der Waals surface area contributed by atoms with Crippen LogP contribution < -0.4 is 0 Å². The van der Waals surface area contributed by atoms with Gasteiger partial charge in [0.05, 0.1) is 5.92 Å². The van der Waals surface area contributed by atoms with Crippen molar-refractivity contribution in [3.63, 3.8) is 0 Å². The summed E-state index contributed by atoms with van der Waals surface area (Å²) >= 11 is 0. The second-order valence-electron chi connectivity index (χ2n) is 8.31. The fourth-order valence-electron chi connectivity index (χ4n) is 4.85. The summed E-state index contributed by atoms with van der Waals surface area (Å²) in [7, 11) is -1.81. The van der Waals surface area contributed by atoms with Crippen LogP contribution in [0.2, 0.25) is 16.6 Å². The van der Waals surface area contributed by atoms with E-state index in [-0.39, 0.29) is 0 Å². The Morgan fingerprint density at radius 2 is 1.72 bits per heavy atom. The number of aryl methyl sites for hydroxylation is 1. The van der Waals surface area contributed by atoms with Crippen molar-refractivity contribution in [1.82, 2.24) is 0 Å². The van der Waals surface area contributed by atoms with Crippen LogP contribution in [0.25, 0.3) is 0 Å². The Kier molecular flexibility index (Phi) is 6.16. The molecule has 0 amide bonds. The van der Waals surface area contributed by atoms with Crippen LogP contribution in [0.5, 0.6) is 0 Å². The van der Waals surface area contributed by atoms with Gasteiger partial charge in [0.25, 0.3) is 0 Å². The number of hydrogen-bond donors (Lipinski definition) is 1. The van der Waals surface area contributed by atoms with Crippen LogP contribution >= 0.6 is 0 Å². The molecule has 136 valence electrons. The van der Waals surface area contributed by atoms with Crippen molar-refractivity contribution >= 4 is 14.0 Å². The van der Waals surface area contributed by atoms with Gasteiger partial charge in [0.1, 0.15) is 8.07 Å². The topological polar surface area (TPSA) is 37.3 Å². The van der Waals surface area contributed by atoms with Crippen LogP contribution in [0.4, 0.5) is 0 Å². The highest BCUT2D eigenvalue weighted by Crippen LogP contribution is 2.41. The van der Waals surface area contributed by atoms with Crippen LogP contribution in [0.15, 0.2) is 18.2 Å². The third kappa shape index (κ3) is 3.70. The molecule has 1 aliphatic carbocycles. The van der Waals surface area contributed by atoms with Crippen molar-refractivity contribution in [3.8, 4) is 11.5 Å². The molecular formula is C22H32O2Si. The molecule has 1 N–H and O–H groups in total. The predicted molar refractivity (Wildman–Crippen MR) is 108 cm³/mol. The van der Waals surface area contributed by atoms with Crippen LogP contribution in [-0.4, -0.2) is 19.1 Å². The van der Waals surface area contributed by atoms with Gasteiger partial charge in [-0.05, 0) is 53.1 Å². The third-order valence-corrected chi connectivity index (χ3v) is 12.4. The van der Waals surface area contributed by atoms with Gasteiger partial charge >= 0.3 is 5.97 Å². The van der Waals surface area contributed by atoms with Crippen molar-refractivity contribution in [2.45, 2.75) is 83.3 Å². The maximum atomic E-state index is 11.8. The van der Waals surface area contributed by atoms with Gasteiger partial charge in [0, 0.05) is 5.56 Å². The molecule has 0 spiro atoms. The normalized spacial score (nSPS) is 17.4. The highest BCUT2D eigenvalue weighted by Gasteiger charge is 2.41. The molecule has 1 aromatic rings. The van der Waals surface area contributed by atoms with Gasteiger partial charge in [0.2, 0.25) is 0 Å². The lowest BCUT2D eigenvalue weighted by Crippen LogP contribution is -2.43. The summed E-state index contributed by atoms with van der Waals surface area (Å²) in [5, 5.41) is 9.66. The van der Waals surface area contributed by atoms with E-state index in [1.807, 2.05) is 12.1 Å². The van der Waals surface area contributed by atoms with E-state index in [0.29, 0.717) is 16.6 Å². The Hall–Kier alpha value is -1.53. The molecule has 0 bridgehead atoms. The van der Waals surface area contributed by atoms with Crippen molar-refractivity contribution in [2.75, 3.05) is 0 Å². The lowest BCUT2D eigenvalue weighted by atomic mass is 9.80. The number of hydrogen-bond acceptors (Lipinski definition) is 1. The molecule has 0 aliphatic heterocycles. The molecule has 0 fully saturated rings. The summed E-state index contributed by atoms with van der Waals surface area (Å²) in [5.41, 5.74) is 8.59. The Bertz CT molecular complexity index is 670. The number of carboxylic acid groups (broad SMARTS) is 1. The van der Waals surface area contributed by atoms with E-state index < -0.39 is 20.0 Å². The number of carboxylic acids is 1. The summed E-state index contributed by atoms with van der Waals surface area (Å²) in [5.74, 6) is 2.38. The Balaban J connectivity index is 2.59. The monoisotopic (exact) mass is 356 g/mol. The van der Waals surface area contributed by atoms with Crippen molar-refractivity contribution < 1.29 is 9.90 Å². The van der Waals surface area contributed by atoms with E-state index in [0.717, 1.165) is 30.4 Å². The standard InChI is InChI=1S/C22H32O2Si/c1-15(2)25(16(3)4,17(5)6)14-13-19-10-7-9-18-11-8-12-20(21(18)19)22(23)24/h7,9-10,15-17,20H,8,11-12H2,1-6H3,(H,23,24)/t20-/m0/s1. The lowest BCUT2D eigenvalue weighted by molar-refractivity contribution is -0.139. The first kappa shape index (κ1) is 19.8. The van der Waals surface area contributed by atoms with E-state index >= 15 is 0 Å². The fourth-order valence-corrected chi connectivity index (χ4v) is 10.1. The van der Waals surface area contributed by atoms with Gasteiger partial charge in [-0.3, -0.25) is 4.79 Å². The number of rotatable bonds is 4. The number of benzene rings is 1. The summed E-state index contributed by atoms with van der Waals surface area (Å²) < 4.78 is 0. The Morgan fingerprint density at radius 1 is 1.12 bits per heavy atom. The van der Waals surface area contributed by atoms with E-state index in [4.69, 9.17) is 0 Å². The number of fused-ring (bicyclic) bond motifs is 1. The first-order valence-electron chi connectivity index (χ1n) is 9.59. The zero-order valence-corrected chi connectivity index (χ0v) is 17.5. The Labute approximate surface area is 154 Å². The second-order valence-corrected chi connectivity index (χ2v) is 13.9. The molecule has 0 aromatic heterocycles. The SMILES string of the molecule is CC(C)[Si](C#Cc1cccc2c1[C@@H](C(=O)O)CCC2)(C(C)C)C(C)C. The highest BCUT2D eigenvalue weighted by molar-refractivity contribution is 6.90. The minimum absolute atomic E-state index is 0.400. The molecule has 25 heavy (non-hydrogen) atoms. The van der Waals surface area contributed by atoms with Gasteiger partial charge in [-0.1, -0.05) is 59.6 Å². The molecule has 1 atom stereocenters. The zero-order chi connectivity index (χ0) is 18.8. The maximum Gasteiger partial charge on any atom is 0.311 e. The predicted octanol–water partition coefficient (Wildman–Crippen LogP) is 5.76. The molecule has 0 saturated carbocycles. The summed E-state index contributed by atoms with van der Waals surface area (Å²) in [6.07, 6.45) is 2.64. The van der Waals surface area contributed by atoms with Gasteiger partial charge in [-0.2, -0.15) is 0 Å². The number of aliphatic carboxylic acids is 1. The molecule has 2 nitrogen and oxygen atoms in total. The minimum Gasteiger partial charge on any atom is -0.481 e. The molecule has 2 rings (SSSR count). The average Bonchev–Trinajstić information content (AvgIpc) is 2.53. The third-order valence-electron chi connectivity index (χ3n) is 6.06. The number of carbonyl (C=O) groups is 1. The van der Waals surface area contributed by atoms with Crippen molar-refractivity contribution in [2.24, 2.45) is 0 Å². The molecule has 1 aromatic carbocycles. The Morgan fingerprint density at radius 3 is 2.24 bits per heavy atom. The quantitative estimate of drug-likeness (QED) is 0.550. The fraction of sp³-hybridized carbons (Fsp3) is 0.591. The van der Waals surface area contributed by atoms with E-state index in [2.05, 4.69) is 59.1 Å². The summed E-state index contributed by atoms with van der Waals surface area (Å²) in [4.78, 5) is 11.8. The van der Waals surface area contributed by atoms with Crippen molar-refractivity contribution in [3.05, 3.63) is 34.9 Å². The summed E-state index contributed by atoms with van der Waals surface area (Å²) in [6, 6.07) is 6.14. The molecule has 0 radical (unpaired) electrons. The average molecular weight is 357 g/mol. The van der Waals surface area contributed by atoms with E-state index in [1.54, 1.807) is 0 Å². The van der Waals surface area contributed by atoms with Crippen LogP contribution in [-0.2, 0) is 11.2 Å². The smallest absolute Gasteiger partial charge is 0.311 e. The van der Waals surface area contributed by atoms with E-state index in [9.17, 15) is 9.90 Å². The van der Waals surface area contributed by atoms with Gasteiger partial charge < -0.3 is 5.11 Å². The molecular weight excluding hydrogens is 324 g/mol. The second kappa shape index (κ2) is 7.79. The summed E-state index contributed by atoms with van der Waals surface area (Å²) in [6.45, 7) is 13.8. The van der Waals surface area contributed by atoms with Gasteiger partial charge in [-0.15, -0.1) is 5.54 Å². The maximum absolute atomic E-state index is 11.8. The molecule has 0 saturated heterocycles. The molecule has 0 unspecified atom stereocenters. The zero-order valence-electron chi connectivity index (χ0n) is 16.5. The lowest BCUT2D eigenvalue weighted by Gasteiger charge is -2.38. The van der Waals surface area contributed by atoms with E-state index in [1.165, 1.54) is 5.56 Å². The van der Waals surface area contributed by atoms with Gasteiger partial charge in [-0.25, -0.2) is 0 Å². The minimum atomic E-state index is -1.81. The highest BCUT2D eigenvalue weighted by atomic mass is 28.3. The molecule has 3 heteroatoms. The first-order chi connectivity index (χ1) is 11.7. The molecule has 1 aliphatic rings.